The van der Waals surface area contributed by atoms with Crippen LogP contribution in [0.25, 0.3) is 0 Å². The second-order valence-corrected chi connectivity index (χ2v) is 4.51. The third-order valence-corrected chi connectivity index (χ3v) is 2.98. The molecule has 2 rings (SSSR count). The van der Waals surface area contributed by atoms with Crippen molar-refractivity contribution in [2.24, 2.45) is 11.1 Å². The summed E-state index contributed by atoms with van der Waals surface area (Å²) in [6, 6.07) is 0. The molecule has 0 aliphatic heterocycles. The van der Waals surface area contributed by atoms with Gasteiger partial charge in [0.25, 0.3) is 0 Å². The van der Waals surface area contributed by atoms with Crippen molar-refractivity contribution in [3.8, 4) is 0 Å². The molecule has 0 aromatic carbocycles. The van der Waals surface area contributed by atoms with Crippen molar-refractivity contribution in [3.05, 3.63) is 48.1 Å². The van der Waals surface area contributed by atoms with Crippen molar-refractivity contribution in [2.45, 2.75) is 39.2 Å². The molecule has 2 aliphatic rings. The first-order chi connectivity index (χ1) is 10.3. The second-order valence-electron chi connectivity index (χ2n) is 4.51. The molecule has 21 heavy (non-hydrogen) atoms. The lowest BCUT2D eigenvalue weighted by atomic mass is 9.96. The number of carbonyl (C=O) groups is 1. The smallest absolute Gasteiger partial charge is 0.341 e. The van der Waals surface area contributed by atoms with E-state index in [0.717, 1.165) is 24.8 Å². The molecule has 0 radical (unpaired) electrons. The minimum Gasteiger partial charge on any atom is -0.385 e. The summed E-state index contributed by atoms with van der Waals surface area (Å²) < 4.78 is 0. The first kappa shape index (κ1) is 17.1. The van der Waals surface area contributed by atoms with Gasteiger partial charge in [0, 0.05) is 0 Å². The number of aliphatic hydroxyl groups excluding tert-OH is 1. The van der Waals surface area contributed by atoms with E-state index in [-0.39, 0.29) is 11.9 Å². The van der Waals surface area contributed by atoms with Gasteiger partial charge in [0.2, 0.25) is 0 Å². The van der Waals surface area contributed by atoms with E-state index >= 15 is 0 Å². The lowest BCUT2D eigenvalue weighted by molar-refractivity contribution is -0.147. The number of rotatable bonds is 3. The maximum atomic E-state index is 11.7. The monoisotopic (exact) mass is 289 g/mol. The molecule has 114 valence electrons. The Morgan fingerprint density at radius 2 is 2.19 bits per heavy atom. The van der Waals surface area contributed by atoms with Crippen molar-refractivity contribution >= 4 is 12.2 Å². The van der Waals surface area contributed by atoms with E-state index < -0.39 is 6.10 Å². The van der Waals surface area contributed by atoms with Gasteiger partial charge in [-0.15, -0.1) is 0 Å². The summed E-state index contributed by atoms with van der Waals surface area (Å²) in [5, 5.41) is 13.0. The highest BCUT2D eigenvalue weighted by Crippen LogP contribution is 2.18. The molecule has 0 spiro atoms. The van der Waals surface area contributed by atoms with Gasteiger partial charge in [0.15, 0.2) is 0 Å². The zero-order valence-corrected chi connectivity index (χ0v) is 12.6. The lowest BCUT2D eigenvalue weighted by Gasteiger charge is -2.12. The number of hydrogen-bond acceptors (Lipinski definition) is 4. The van der Waals surface area contributed by atoms with Crippen LogP contribution < -0.4 is 0 Å². The maximum absolute atomic E-state index is 11.7. The molecule has 4 heteroatoms. The molecule has 0 saturated heterocycles. The minimum atomic E-state index is -0.586. The van der Waals surface area contributed by atoms with Gasteiger partial charge >= 0.3 is 5.97 Å². The number of nitrogens with zero attached hydrogens (tertiary/aromatic N) is 1. The number of carbonyl (C=O) groups excluding carboxylic acids is 1. The predicted molar refractivity (Wildman–Crippen MR) is 84.8 cm³/mol. The Hall–Kier alpha value is -1.94. The van der Waals surface area contributed by atoms with Crippen molar-refractivity contribution in [1.29, 1.82) is 0 Å². The van der Waals surface area contributed by atoms with Gasteiger partial charge in [0.1, 0.15) is 0 Å². The Kier molecular flexibility index (Phi) is 8.05. The molecule has 1 N–H and O–H groups in total. The molecule has 0 aromatic heterocycles. The molecule has 0 bridgehead atoms. The lowest BCUT2D eigenvalue weighted by Crippen LogP contribution is -2.15. The standard InChI is InChI=1S/C15H17NO3.C2H6/c17-14-8-4-5-12(9-10-14)11-16-19-15(18)13-6-2-1-3-7-13;1-2/h2,4-6,8-11,13-14,17H,1,3,7H2;1-2H3/b16-11+;. The zero-order chi connectivity index (χ0) is 15.5. The van der Waals surface area contributed by atoms with Gasteiger partial charge < -0.3 is 9.94 Å². The number of aliphatic hydroxyl groups is 1. The van der Waals surface area contributed by atoms with Crippen LogP contribution in [0, 0.1) is 5.92 Å². The Morgan fingerprint density at radius 1 is 1.38 bits per heavy atom. The normalized spacial score (nSPS) is 24.0. The Morgan fingerprint density at radius 3 is 2.90 bits per heavy atom. The van der Waals surface area contributed by atoms with E-state index in [2.05, 4.69) is 5.16 Å². The highest BCUT2D eigenvalue weighted by molar-refractivity contribution is 5.83. The van der Waals surface area contributed by atoms with Gasteiger partial charge in [-0.05, 0) is 24.8 Å². The molecule has 0 saturated carbocycles. The molecule has 2 aliphatic carbocycles. The fourth-order valence-corrected chi connectivity index (χ4v) is 1.91. The van der Waals surface area contributed by atoms with Crippen molar-refractivity contribution < 1.29 is 14.7 Å². The van der Waals surface area contributed by atoms with Gasteiger partial charge in [-0.2, -0.15) is 0 Å². The van der Waals surface area contributed by atoms with E-state index in [0.29, 0.717) is 0 Å². The van der Waals surface area contributed by atoms with Crippen LogP contribution in [0.4, 0.5) is 0 Å². The van der Waals surface area contributed by atoms with E-state index in [9.17, 15) is 9.90 Å². The molecule has 2 atom stereocenters. The SMILES string of the molecule is CC.O=C(O/N=C/C1=CC=CC(O)C=C1)C1C=CCCC1. The van der Waals surface area contributed by atoms with Crippen LogP contribution in [-0.4, -0.2) is 23.4 Å². The van der Waals surface area contributed by atoms with Gasteiger partial charge in [-0.1, -0.05) is 61.5 Å². The first-order valence-corrected chi connectivity index (χ1v) is 7.41. The molecule has 0 heterocycles. The van der Waals surface area contributed by atoms with Crippen molar-refractivity contribution in [1.82, 2.24) is 0 Å². The Labute approximate surface area is 126 Å². The quantitative estimate of drug-likeness (QED) is 0.375. The van der Waals surface area contributed by atoms with Crippen LogP contribution in [0.3, 0.4) is 0 Å². The largest absolute Gasteiger partial charge is 0.385 e. The summed E-state index contributed by atoms with van der Waals surface area (Å²) in [4.78, 5) is 16.6. The third-order valence-electron chi connectivity index (χ3n) is 2.98. The predicted octanol–water partition coefficient (Wildman–Crippen LogP) is 3.31. The van der Waals surface area contributed by atoms with E-state index in [1.165, 1.54) is 6.21 Å². The van der Waals surface area contributed by atoms with Crippen molar-refractivity contribution in [2.75, 3.05) is 0 Å². The second kappa shape index (κ2) is 9.88. The fraction of sp³-hybridized carbons (Fsp3) is 0.412. The van der Waals surface area contributed by atoms with Gasteiger partial charge in [0.05, 0.1) is 18.2 Å². The average Bonchev–Trinajstić information content (AvgIpc) is 2.75. The summed E-state index contributed by atoms with van der Waals surface area (Å²) in [7, 11) is 0. The molecule has 0 aromatic rings. The van der Waals surface area contributed by atoms with Crippen LogP contribution in [0.1, 0.15) is 33.1 Å². The minimum absolute atomic E-state index is 0.175. The van der Waals surface area contributed by atoms with Gasteiger partial charge in [-0.25, -0.2) is 4.79 Å². The zero-order valence-electron chi connectivity index (χ0n) is 12.6. The van der Waals surface area contributed by atoms with Crippen LogP contribution in [0.2, 0.25) is 0 Å². The summed E-state index contributed by atoms with van der Waals surface area (Å²) >= 11 is 0. The van der Waals surface area contributed by atoms with E-state index in [1.54, 1.807) is 30.4 Å². The topological polar surface area (TPSA) is 58.9 Å². The van der Waals surface area contributed by atoms with E-state index in [4.69, 9.17) is 4.84 Å². The molecular formula is C17H23NO3. The average molecular weight is 289 g/mol. The summed E-state index contributed by atoms with van der Waals surface area (Å²) in [6.07, 6.45) is 16.1. The van der Waals surface area contributed by atoms with E-state index in [1.807, 2.05) is 26.0 Å². The molecule has 0 fully saturated rings. The number of allylic oxidation sites excluding steroid dienone is 5. The maximum Gasteiger partial charge on any atom is 0.341 e. The van der Waals surface area contributed by atoms with Crippen molar-refractivity contribution in [3.63, 3.8) is 0 Å². The highest BCUT2D eigenvalue weighted by Gasteiger charge is 2.18. The molecular weight excluding hydrogens is 266 g/mol. The summed E-state index contributed by atoms with van der Waals surface area (Å²) in [6.45, 7) is 4.00. The van der Waals surface area contributed by atoms with Crippen LogP contribution in [-0.2, 0) is 9.63 Å². The first-order valence-electron chi connectivity index (χ1n) is 7.41. The molecule has 4 nitrogen and oxygen atoms in total. The van der Waals surface area contributed by atoms with Crippen LogP contribution >= 0.6 is 0 Å². The number of oxime groups is 1. The third kappa shape index (κ3) is 6.36. The highest BCUT2D eigenvalue weighted by atomic mass is 16.7. The van der Waals surface area contributed by atoms with Crippen LogP contribution in [0.15, 0.2) is 53.3 Å². The fourth-order valence-electron chi connectivity index (χ4n) is 1.91. The Bertz CT molecular complexity index is 472. The van der Waals surface area contributed by atoms with Gasteiger partial charge in [-0.3, -0.25) is 0 Å². The molecule has 2 unspecified atom stereocenters. The number of hydrogen-bond donors (Lipinski definition) is 1. The van der Waals surface area contributed by atoms with Crippen LogP contribution in [0.5, 0.6) is 0 Å². The Balaban J connectivity index is 0.00000106. The summed E-state index contributed by atoms with van der Waals surface area (Å²) in [5.41, 5.74) is 0.764. The molecule has 0 amide bonds. The summed E-state index contributed by atoms with van der Waals surface area (Å²) in [5.74, 6) is -0.493.